The van der Waals surface area contributed by atoms with E-state index in [0.29, 0.717) is 5.92 Å². The second-order valence-corrected chi connectivity index (χ2v) is 8.41. The Bertz CT molecular complexity index is 259. The van der Waals surface area contributed by atoms with Crippen molar-refractivity contribution >= 4 is 0 Å². The maximum Gasteiger partial charge on any atom is 0.0675 e. The summed E-state index contributed by atoms with van der Waals surface area (Å²) in [4.78, 5) is 0. The molecule has 0 bridgehead atoms. The molecule has 2 nitrogen and oxygen atoms in total. The van der Waals surface area contributed by atoms with Crippen LogP contribution in [0.5, 0.6) is 0 Å². The first-order valence-corrected chi connectivity index (χ1v) is 11.9. The molecule has 0 rings (SSSR count). The van der Waals surface area contributed by atoms with E-state index in [2.05, 4.69) is 27.7 Å². The Kier molecular flexibility index (Phi) is 21.3. The fourth-order valence-electron chi connectivity index (χ4n) is 4.16. The van der Waals surface area contributed by atoms with Gasteiger partial charge in [-0.25, -0.2) is 0 Å². The molecule has 0 saturated carbocycles. The molecule has 0 radical (unpaired) electrons. The van der Waals surface area contributed by atoms with Gasteiger partial charge in [-0.05, 0) is 31.6 Å². The Morgan fingerprint density at radius 2 is 0.923 bits per heavy atom. The normalized spacial score (nSPS) is 12.8. The summed E-state index contributed by atoms with van der Waals surface area (Å²) in [6.07, 6.45) is 22.9. The van der Waals surface area contributed by atoms with Crippen molar-refractivity contribution in [1.82, 2.24) is 6.15 Å². The molecule has 4 N–H and O–H groups in total. The zero-order chi connectivity index (χ0) is 18.8. The van der Waals surface area contributed by atoms with E-state index in [9.17, 15) is 5.11 Å². The van der Waals surface area contributed by atoms with Gasteiger partial charge in [-0.2, -0.15) is 0 Å². The van der Waals surface area contributed by atoms with Crippen LogP contribution in [0.25, 0.3) is 0 Å². The number of hydrogen-bond acceptors (Lipinski definition) is 2. The average Bonchev–Trinajstić information content (AvgIpc) is 2.62. The highest BCUT2D eigenvalue weighted by molar-refractivity contribution is 4.86. The lowest BCUT2D eigenvalue weighted by molar-refractivity contribution is -0.0449. The summed E-state index contributed by atoms with van der Waals surface area (Å²) in [5, 5.41) is 11.5. The van der Waals surface area contributed by atoms with Gasteiger partial charge in [-0.15, -0.1) is 0 Å². The van der Waals surface area contributed by atoms with E-state index in [1.165, 1.54) is 103 Å². The summed E-state index contributed by atoms with van der Waals surface area (Å²) < 4.78 is 0. The lowest BCUT2D eigenvalue weighted by atomic mass is 9.74. The Morgan fingerprint density at radius 3 is 1.38 bits per heavy atom. The summed E-state index contributed by atoms with van der Waals surface area (Å²) in [6.45, 7) is 9.07. The summed E-state index contributed by atoms with van der Waals surface area (Å²) in [7, 11) is 0. The van der Waals surface area contributed by atoms with Crippen LogP contribution in [-0.4, -0.2) is 10.7 Å². The van der Waals surface area contributed by atoms with Gasteiger partial charge in [0.1, 0.15) is 0 Å². The summed E-state index contributed by atoms with van der Waals surface area (Å²) in [5.74, 6) is 0.533. The van der Waals surface area contributed by atoms with Crippen LogP contribution in [0, 0.1) is 5.92 Å². The topological polar surface area (TPSA) is 55.2 Å². The Morgan fingerprint density at radius 1 is 0.538 bits per heavy atom. The van der Waals surface area contributed by atoms with Crippen molar-refractivity contribution in [3.05, 3.63) is 0 Å². The largest absolute Gasteiger partial charge is 0.390 e. The van der Waals surface area contributed by atoms with E-state index >= 15 is 0 Å². The van der Waals surface area contributed by atoms with E-state index in [1.807, 2.05) is 0 Å². The molecule has 0 aliphatic heterocycles. The van der Waals surface area contributed by atoms with Gasteiger partial charge >= 0.3 is 0 Å². The zero-order valence-corrected chi connectivity index (χ0v) is 19.0. The highest BCUT2D eigenvalue weighted by Gasteiger charge is 2.34. The van der Waals surface area contributed by atoms with Gasteiger partial charge in [0.25, 0.3) is 0 Å². The number of rotatable bonds is 19. The van der Waals surface area contributed by atoms with Gasteiger partial charge in [-0.3, -0.25) is 0 Å². The summed E-state index contributed by atoms with van der Waals surface area (Å²) in [5.41, 5.74) is -0.387. The monoisotopic (exact) mass is 371 g/mol. The predicted molar refractivity (Wildman–Crippen MR) is 119 cm³/mol. The van der Waals surface area contributed by atoms with E-state index in [1.54, 1.807) is 0 Å². The maximum absolute atomic E-state index is 11.5. The number of unbranched alkanes of at least 4 members (excludes halogenated alkanes) is 10. The van der Waals surface area contributed by atoms with Gasteiger partial charge in [0.2, 0.25) is 0 Å². The second-order valence-electron chi connectivity index (χ2n) is 8.41. The minimum absolute atomic E-state index is 0. The Balaban J connectivity index is 0. The lowest BCUT2D eigenvalue weighted by Gasteiger charge is -2.37. The third kappa shape index (κ3) is 14.0. The van der Waals surface area contributed by atoms with Crippen molar-refractivity contribution in [2.75, 3.05) is 0 Å². The molecule has 160 valence electrons. The Labute approximate surface area is 166 Å². The van der Waals surface area contributed by atoms with E-state index in [-0.39, 0.29) is 11.8 Å². The van der Waals surface area contributed by atoms with Crippen LogP contribution in [0.4, 0.5) is 0 Å². The molecule has 0 aromatic heterocycles. The first-order valence-electron chi connectivity index (χ1n) is 11.9. The van der Waals surface area contributed by atoms with Crippen LogP contribution in [0.1, 0.15) is 143 Å². The standard InChI is InChI=1S/C24H50O.H3N/c1-5-9-13-14-15-16-17-18-20-23(19-10-6-2)24(25,21-11-7-3)22-12-8-4;/h23,25H,5-22H2,1-4H3;1H3. The molecule has 0 aromatic carbocycles. The molecule has 0 fully saturated rings. The molecule has 0 amide bonds. The van der Waals surface area contributed by atoms with Crippen LogP contribution in [0.2, 0.25) is 0 Å². The van der Waals surface area contributed by atoms with Crippen LogP contribution in [0.15, 0.2) is 0 Å². The lowest BCUT2D eigenvalue weighted by Crippen LogP contribution is -2.38. The van der Waals surface area contributed by atoms with Crippen LogP contribution in [-0.2, 0) is 0 Å². The minimum Gasteiger partial charge on any atom is -0.390 e. The van der Waals surface area contributed by atoms with Crippen molar-refractivity contribution in [1.29, 1.82) is 0 Å². The maximum atomic E-state index is 11.5. The van der Waals surface area contributed by atoms with E-state index < -0.39 is 0 Å². The van der Waals surface area contributed by atoms with Gasteiger partial charge in [0.15, 0.2) is 0 Å². The molecule has 2 heteroatoms. The molecular formula is C24H53NO. The molecule has 0 aliphatic rings. The average molecular weight is 372 g/mol. The SMILES string of the molecule is CCCCCCCCCCC(CCCC)C(O)(CCCC)CCCC.N. The van der Waals surface area contributed by atoms with Crippen LogP contribution in [0.3, 0.4) is 0 Å². The highest BCUT2D eigenvalue weighted by atomic mass is 16.3. The third-order valence-corrected chi connectivity index (χ3v) is 6.00. The fraction of sp³-hybridized carbons (Fsp3) is 1.00. The minimum atomic E-state index is -0.387. The van der Waals surface area contributed by atoms with Crippen molar-refractivity contribution < 1.29 is 5.11 Å². The molecule has 1 unspecified atom stereocenters. The van der Waals surface area contributed by atoms with E-state index in [4.69, 9.17) is 0 Å². The van der Waals surface area contributed by atoms with Gasteiger partial charge in [0.05, 0.1) is 5.60 Å². The predicted octanol–water partition coefficient (Wildman–Crippen LogP) is 8.60. The highest BCUT2D eigenvalue weighted by Crippen LogP contribution is 2.36. The smallest absolute Gasteiger partial charge is 0.0675 e. The number of aliphatic hydroxyl groups is 1. The van der Waals surface area contributed by atoms with Crippen molar-refractivity contribution in [2.24, 2.45) is 5.92 Å². The first kappa shape index (κ1) is 28.1. The van der Waals surface area contributed by atoms with Gasteiger partial charge in [-0.1, -0.05) is 118 Å². The molecule has 1 atom stereocenters. The molecule has 0 spiro atoms. The van der Waals surface area contributed by atoms with Crippen LogP contribution >= 0.6 is 0 Å². The first-order chi connectivity index (χ1) is 12.1. The third-order valence-electron chi connectivity index (χ3n) is 6.00. The van der Waals surface area contributed by atoms with E-state index in [0.717, 1.165) is 12.8 Å². The van der Waals surface area contributed by atoms with Gasteiger partial charge < -0.3 is 11.3 Å². The van der Waals surface area contributed by atoms with Gasteiger partial charge in [0, 0.05) is 0 Å². The quantitative estimate of drug-likeness (QED) is 0.223. The fourth-order valence-corrected chi connectivity index (χ4v) is 4.16. The number of hydrogen-bond donors (Lipinski definition) is 2. The zero-order valence-electron chi connectivity index (χ0n) is 19.0. The second kappa shape index (κ2) is 19.7. The molecular weight excluding hydrogens is 318 g/mol. The van der Waals surface area contributed by atoms with Crippen molar-refractivity contribution in [3.63, 3.8) is 0 Å². The molecule has 0 heterocycles. The molecule has 0 saturated heterocycles. The molecule has 0 aliphatic carbocycles. The molecule has 0 aromatic rings. The van der Waals surface area contributed by atoms with Crippen molar-refractivity contribution in [3.8, 4) is 0 Å². The molecule has 26 heavy (non-hydrogen) atoms. The Hall–Kier alpha value is -0.0800. The summed E-state index contributed by atoms with van der Waals surface area (Å²) in [6, 6.07) is 0. The van der Waals surface area contributed by atoms with Crippen LogP contribution < -0.4 is 6.15 Å². The van der Waals surface area contributed by atoms with Crippen molar-refractivity contribution in [2.45, 2.75) is 149 Å². The summed E-state index contributed by atoms with van der Waals surface area (Å²) >= 11 is 0.